The predicted octanol–water partition coefficient (Wildman–Crippen LogP) is 0.867. The molecule has 3 heteroatoms. The Morgan fingerprint density at radius 1 is 1.64 bits per heavy atom. The largest absolute Gasteiger partial charge is 0.380 e. The fourth-order valence-electron chi connectivity index (χ4n) is 0.846. The number of ether oxygens (including phenoxy) is 1. The minimum absolute atomic E-state index is 0.249. The molecular formula is C8H16N2O. The topological polar surface area (TPSA) is 36.3 Å². The first kappa shape index (κ1) is 10.4. The zero-order valence-electron chi connectivity index (χ0n) is 7.50. The third kappa shape index (κ3) is 5.84. The minimum Gasteiger partial charge on any atom is -0.380 e. The van der Waals surface area contributed by atoms with E-state index < -0.39 is 0 Å². The molecule has 0 aliphatic heterocycles. The van der Waals surface area contributed by atoms with Gasteiger partial charge in [0.05, 0.1) is 12.2 Å². The quantitative estimate of drug-likeness (QED) is 0.592. The van der Waals surface area contributed by atoms with Crippen LogP contribution in [-0.4, -0.2) is 38.3 Å². The van der Waals surface area contributed by atoms with Gasteiger partial charge in [-0.15, -0.1) is 0 Å². The van der Waals surface area contributed by atoms with E-state index in [0.717, 1.165) is 13.1 Å². The van der Waals surface area contributed by atoms with Crippen molar-refractivity contribution in [3.8, 4) is 6.07 Å². The molecule has 0 heterocycles. The Labute approximate surface area is 68.6 Å². The second kappa shape index (κ2) is 6.14. The summed E-state index contributed by atoms with van der Waals surface area (Å²) in [5.41, 5.74) is 0. The Bertz CT molecular complexity index is 131. The lowest BCUT2D eigenvalue weighted by Gasteiger charge is -2.18. The molecule has 0 N–H and O–H groups in total. The van der Waals surface area contributed by atoms with E-state index in [-0.39, 0.29) is 6.10 Å². The van der Waals surface area contributed by atoms with Gasteiger partial charge < -0.3 is 9.64 Å². The van der Waals surface area contributed by atoms with E-state index in [1.54, 1.807) is 7.11 Å². The van der Waals surface area contributed by atoms with Crippen molar-refractivity contribution in [2.75, 3.05) is 27.2 Å². The van der Waals surface area contributed by atoms with E-state index >= 15 is 0 Å². The average molecular weight is 156 g/mol. The summed E-state index contributed by atoms with van der Waals surface area (Å²) in [6, 6.07) is 2.11. The van der Waals surface area contributed by atoms with Crippen LogP contribution in [0.25, 0.3) is 0 Å². The third-order valence-electron chi connectivity index (χ3n) is 1.58. The number of likely N-dealkylation sites (N-methyl/N-ethyl adjacent to an activating group) is 1. The van der Waals surface area contributed by atoms with Gasteiger partial charge in [0.25, 0.3) is 0 Å². The van der Waals surface area contributed by atoms with Gasteiger partial charge >= 0.3 is 0 Å². The molecule has 11 heavy (non-hydrogen) atoms. The van der Waals surface area contributed by atoms with E-state index in [0.29, 0.717) is 6.42 Å². The van der Waals surface area contributed by atoms with Gasteiger partial charge in [-0.25, -0.2) is 0 Å². The van der Waals surface area contributed by atoms with Crippen molar-refractivity contribution in [1.29, 1.82) is 5.26 Å². The Kier molecular flexibility index (Phi) is 5.81. The summed E-state index contributed by atoms with van der Waals surface area (Å²) in [7, 11) is 3.69. The first-order chi connectivity index (χ1) is 5.20. The number of hydrogen-bond acceptors (Lipinski definition) is 3. The van der Waals surface area contributed by atoms with E-state index in [4.69, 9.17) is 10.00 Å². The lowest BCUT2D eigenvalue weighted by Crippen LogP contribution is -2.29. The fraction of sp³-hybridized carbons (Fsp3) is 0.875. The second-order valence-electron chi connectivity index (χ2n) is 2.72. The van der Waals surface area contributed by atoms with Crippen molar-refractivity contribution in [2.45, 2.75) is 19.4 Å². The summed E-state index contributed by atoms with van der Waals surface area (Å²) in [4.78, 5) is 2.09. The van der Waals surface area contributed by atoms with Gasteiger partial charge in [0.15, 0.2) is 0 Å². The number of rotatable bonds is 5. The van der Waals surface area contributed by atoms with Crippen LogP contribution >= 0.6 is 0 Å². The lowest BCUT2D eigenvalue weighted by molar-refractivity contribution is 0.0864. The van der Waals surface area contributed by atoms with Gasteiger partial charge in [-0.2, -0.15) is 5.26 Å². The molecule has 64 valence electrons. The van der Waals surface area contributed by atoms with Crippen molar-refractivity contribution in [2.24, 2.45) is 0 Å². The summed E-state index contributed by atoms with van der Waals surface area (Å²) < 4.78 is 5.08. The SMILES string of the molecule is COC(C)CN(C)CCC#N. The zero-order chi connectivity index (χ0) is 8.69. The first-order valence-corrected chi connectivity index (χ1v) is 3.79. The maximum atomic E-state index is 8.30. The van der Waals surface area contributed by atoms with Crippen molar-refractivity contribution < 1.29 is 4.74 Å². The number of nitrogens with zero attached hydrogens (tertiary/aromatic N) is 2. The lowest BCUT2D eigenvalue weighted by atomic mass is 10.3. The molecule has 0 fully saturated rings. The molecule has 0 rings (SSSR count). The van der Waals surface area contributed by atoms with E-state index in [1.165, 1.54) is 0 Å². The van der Waals surface area contributed by atoms with Crippen LogP contribution < -0.4 is 0 Å². The minimum atomic E-state index is 0.249. The standard InChI is InChI=1S/C8H16N2O/c1-8(11-3)7-10(2)6-4-5-9/h8H,4,6-7H2,1-3H3. The summed E-state index contributed by atoms with van der Waals surface area (Å²) in [6.45, 7) is 3.73. The maximum absolute atomic E-state index is 8.30. The highest BCUT2D eigenvalue weighted by atomic mass is 16.5. The summed E-state index contributed by atoms with van der Waals surface area (Å²) in [5, 5.41) is 8.30. The second-order valence-corrected chi connectivity index (χ2v) is 2.72. The molecule has 0 saturated carbocycles. The molecule has 1 unspecified atom stereocenters. The Morgan fingerprint density at radius 3 is 2.73 bits per heavy atom. The molecule has 3 nitrogen and oxygen atoms in total. The molecule has 0 saturated heterocycles. The molecule has 0 amide bonds. The van der Waals surface area contributed by atoms with Gasteiger partial charge in [0.1, 0.15) is 0 Å². The smallest absolute Gasteiger partial charge is 0.0669 e. The van der Waals surface area contributed by atoms with Gasteiger partial charge in [-0.1, -0.05) is 0 Å². The van der Waals surface area contributed by atoms with Crippen molar-refractivity contribution >= 4 is 0 Å². The molecular weight excluding hydrogens is 140 g/mol. The molecule has 0 aliphatic rings. The molecule has 0 aromatic carbocycles. The predicted molar refractivity (Wildman–Crippen MR) is 44.2 cm³/mol. The Hall–Kier alpha value is -0.590. The maximum Gasteiger partial charge on any atom is 0.0669 e. The van der Waals surface area contributed by atoms with Crippen molar-refractivity contribution in [3.63, 3.8) is 0 Å². The van der Waals surface area contributed by atoms with Gasteiger partial charge in [-0.3, -0.25) is 0 Å². The highest BCUT2D eigenvalue weighted by Gasteiger charge is 2.03. The van der Waals surface area contributed by atoms with Crippen LogP contribution in [0.4, 0.5) is 0 Å². The van der Waals surface area contributed by atoms with Crippen LogP contribution in [0.1, 0.15) is 13.3 Å². The van der Waals surface area contributed by atoms with E-state index in [1.807, 2.05) is 14.0 Å². The fourth-order valence-corrected chi connectivity index (χ4v) is 0.846. The first-order valence-electron chi connectivity index (χ1n) is 3.79. The molecule has 0 aromatic rings. The zero-order valence-corrected chi connectivity index (χ0v) is 7.50. The normalized spacial score (nSPS) is 13.0. The molecule has 0 bridgehead atoms. The summed E-state index contributed by atoms with van der Waals surface area (Å²) in [5.74, 6) is 0. The monoisotopic (exact) mass is 156 g/mol. The Morgan fingerprint density at radius 2 is 2.27 bits per heavy atom. The highest BCUT2D eigenvalue weighted by molar-refractivity contribution is 4.71. The Balaban J connectivity index is 3.37. The van der Waals surface area contributed by atoms with Crippen LogP contribution in [0.3, 0.4) is 0 Å². The average Bonchev–Trinajstić information content (AvgIpc) is 2.00. The molecule has 0 aromatic heterocycles. The van der Waals surface area contributed by atoms with Crippen LogP contribution in [0, 0.1) is 11.3 Å². The van der Waals surface area contributed by atoms with Gasteiger partial charge in [0, 0.05) is 26.6 Å². The third-order valence-corrected chi connectivity index (χ3v) is 1.58. The molecule has 0 radical (unpaired) electrons. The van der Waals surface area contributed by atoms with Crippen LogP contribution in [0.5, 0.6) is 0 Å². The molecule has 0 spiro atoms. The van der Waals surface area contributed by atoms with Crippen molar-refractivity contribution in [3.05, 3.63) is 0 Å². The number of methoxy groups -OCH3 is 1. The molecule has 0 aliphatic carbocycles. The summed E-state index contributed by atoms with van der Waals surface area (Å²) in [6.07, 6.45) is 0.839. The van der Waals surface area contributed by atoms with E-state index in [9.17, 15) is 0 Å². The van der Waals surface area contributed by atoms with Crippen LogP contribution in [0.2, 0.25) is 0 Å². The van der Waals surface area contributed by atoms with Crippen molar-refractivity contribution in [1.82, 2.24) is 4.90 Å². The molecule has 1 atom stereocenters. The van der Waals surface area contributed by atoms with Gasteiger partial charge in [-0.05, 0) is 14.0 Å². The highest BCUT2D eigenvalue weighted by Crippen LogP contribution is 1.92. The number of nitriles is 1. The van der Waals surface area contributed by atoms with Gasteiger partial charge in [0.2, 0.25) is 0 Å². The van der Waals surface area contributed by atoms with Crippen LogP contribution in [0.15, 0.2) is 0 Å². The number of hydrogen-bond donors (Lipinski definition) is 0. The van der Waals surface area contributed by atoms with Crippen LogP contribution in [-0.2, 0) is 4.74 Å². The van der Waals surface area contributed by atoms with E-state index in [2.05, 4.69) is 11.0 Å². The summed E-state index contributed by atoms with van der Waals surface area (Å²) >= 11 is 0.